The van der Waals surface area contributed by atoms with Crippen LogP contribution in [0.15, 0.2) is 36.4 Å². The fraction of sp³-hybridized carbons (Fsp3) is 0.519. The van der Waals surface area contributed by atoms with E-state index in [1.165, 1.54) is 11.0 Å². The maximum atomic E-state index is 13.6. The summed E-state index contributed by atoms with van der Waals surface area (Å²) >= 11 is 6.27. The molecule has 0 N–H and O–H groups in total. The van der Waals surface area contributed by atoms with Crippen molar-refractivity contribution in [1.82, 2.24) is 14.8 Å². The number of pyridine rings is 1. The molecule has 0 unspecified atom stereocenters. The van der Waals surface area contributed by atoms with Gasteiger partial charge in [0.2, 0.25) is 5.91 Å². The van der Waals surface area contributed by atoms with E-state index in [9.17, 15) is 14.0 Å². The van der Waals surface area contributed by atoms with Crippen molar-refractivity contribution in [2.24, 2.45) is 5.92 Å². The van der Waals surface area contributed by atoms with Crippen molar-refractivity contribution in [3.63, 3.8) is 0 Å². The molecule has 1 aliphatic rings. The highest BCUT2D eigenvalue weighted by Gasteiger charge is 2.22. The molecule has 1 fully saturated rings. The van der Waals surface area contributed by atoms with Crippen molar-refractivity contribution < 1.29 is 18.7 Å². The second kappa shape index (κ2) is 13.4. The Bertz CT molecular complexity index is 1030. The molecule has 0 saturated carbocycles. The lowest BCUT2D eigenvalue weighted by atomic mass is 9.92. The van der Waals surface area contributed by atoms with Gasteiger partial charge in [0.25, 0.3) is 5.91 Å². The van der Waals surface area contributed by atoms with Crippen molar-refractivity contribution in [3.05, 3.63) is 52.9 Å². The summed E-state index contributed by atoms with van der Waals surface area (Å²) in [4.78, 5) is 34.5. The number of aromatic nitrogens is 1. The molecule has 0 radical (unpaired) electrons. The Hall–Kier alpha value is -2.87. The molecule has 1 aliphatic heterocycles. The van der Waals surface area contributed by atoms with E-state index in [2.05, 4.69) is 9.88 Å². The molecule has 1 aromatic heterocycles. The Kier molecular flexibility index (Phi) is 10.3. The molecule has 1 saturated heterocycles. The monoisotopic (exact) mass is 518 g/mol. The van der Waals surface area contributed by atoms with Gasteiger partial charge in [-0.1, -0.05) is 23.7 Å². The Morgan fingerprint density at radius 1 is 1.11 bits per heavy atom. The largest absolute Gasteiger partial charge is 0.491 e. The van der Waals surface area contributed by atoms with E-state index in [0.29, 0.717) is 30.9 Å². The summed E-state index contributed by atoms with van der Waals surface area (Å²) in [5.74, 6) is 1.18. The molecule has 1 aromatic carbocycles. The van der Waals surface area contributed by atoms with E-state index in [4.69, 9.17) is 16.3 Å². The van der Waals surface area contributed by atoms with Crippen LogP contribution in [0.3, 0.4) is 0 Å². The van der Waals surface area contributed by atoms with Crippen LogP contribution >= 0.6 is 11.6 Å². The average Bonchev–Trinajstić information content (AvgIpc) is 2.87. The summed E-state index contributed by atoms with van der Waals surface area (Å²) in [6.07, 6.45) is 5.10. The van der Waals surface area contributed by atoms with Gasteiger partial charge in [-0.25, -0.2) is 9.37 Å². The number of ether oxygens (including phenoxy) is 1. The van der Waals surface area contributed by atoms with Gasteiger partial charge in [0, 0.05) is 47.2 Å². The van der Waals surface area contributed by atoms with Crippen LogP contribution in [0, 0.1) is 11.7 Å². The molecular formula is C27H36ClFN4O3. The number of nitrogens with zero attached hydrogens (tertiary/aromatic N) is 4. The number of carbonyl (C=O) groups is 2. The summed E-state index contributed by atoms with van der Waals surface area (Å²) < 4.78 is 19.0. The van der Waals surface area contributed by atoms with Crippen LogP contribution in [0.4, 0.5) is 10.2 Å². The highest BCUT2D eigenvalue weighted by Crippen LogP contribution is 2.27. The summed E-state index contributed by atoms with van der Waals surface area (Å²) in [6, 6.07) is 9.90. The van der Waals surface area contributed by atoms with Crippen LogP contribution < -0.4 is 9.64 Å². The van der Waals surface area contributed by atoms with Crippen molar-refractivity contribution in [2.45, 2.75) is 38.5 Å². The van der Waals surface area contributed by atoms with Crippen LogP contribution in [-0.4, -0.2) is 74.0 Å². The molecule has 0 aliphatic carbocycles. The van der Waals surface area contributed by atoms with Crippen LogP contribution in [0.25, 0.3) is 0 Å². The van der Waals surface area contributed by atoms with Gasteiger partial charge in [0.15, 0.2) is 11.6 Å². The summed E-state index contributed by atoms with van der Waals surface area (Å²) in [7, 11) is 5.22. The topological polar surface area (TPSA) is 66.0 Å². The third-order valence-electron chi connectivity index (χ3n) is 6.57. The molecule has 2 heterocycles. The van der Waals surface area contributed by atoms with Gasteiger partial charge in [-0.15, -0.1) is 0 Å². The zero-order valence-corrected chi connectivity index (χ0v) is 22.1. The van der Waals surface area contributed by atoms with Gasteiger partial charge >= 0.3 is 0 Å². The molecular weight excluding hydrogens is 483 g/mol. The average molecular weight is 519 g/mol. The number of halogens is 2. The molecule has 2 aromatic rings. The predicted octanol–water partition coefficient (Wildman–Crippen LogP) is 4.89. The van der Waals surface area contributed by atoms with E-state index in [1.807, 2.05) is 13.1 Å². The number of piperidine rings is 1. The highest BCUT2D eigenvalue weighted by atomic mass is 35.5. The maximum Gasteiger partial charge on any atom is 0.256 e. The van der Waals surface area contributed by atoms with E-state index in [1.54, 1.807) is 43.3 Å². The number of rotatable bonds is 11. The maximum absolute atomic E-state index is 13.6. The van der Waals surface area contributed by atoms with Crippen molar-refractivity contribution in [2.75, 3.05) is 52.3 Å². The van der Waals surface area contributed by atoms with Crippen molar-refractivity contribution in [3.8, 4) is 5.75 Å². The molecule has 0 spiro atoms. The van der Waals surface area contributed by atoms with Crippen molar-refractivity contribution in [1.29, 1.82) is 0 Å². The van der Waals surface area contributed by atoms with E-state index < -0.39 is 0 Å². The first-order valence-corrected chi connectivity index (χ1v) is 12.9. The number of anilines is 1. The number of hydrogen-bond acceptors (Lipinski definition) is 5. The highest BCUT2D eigenvalue weighted by molar-refractivity contribution is 6.32. The minimum absolute atomic E-state index is 0.0844. The Labute approximate surface area is 218 Å². The second-order valence-corrected chi connectivity index (χ2v) is 9.84. The number of hydrogen-bond donors (Lipinski definition) is 0. The molecule has 196 valence electrons. The van der Waals surface area contributed by atoms with Gasteiger partial charge in [-0.05, 0) is 62.3 Å². The van der Waals surface area contributed by atoms with Crippen LogP contribution in [-0.2, 0) is 4.79 Å². The minimum atomic E-state index is -0.388. The Morgan fingerprint density at radius 2 is 1.83 bits per heavy atom. The van der Waals surface area contributed by atoms with Gasteiger partial charge < -0.3 is 19.4 Å². The van der Waals surface area contributed by atoms with Crippen molar-refractivity contribution >= 4 is 29.2 Å². The number of carbonyl (C=O) groups excluding carboxylic acids is 2. The zero-order valence-electron chi connectivity index (χ0n) is 21.4. The first kappa shape index (κ1) is 27.7. The van der Waals surface area contributed by atoms with Gasteiger partial charge in [-0.2, -0.15) is 0 Å². The SMILES string of the molecule is CN(C)C(=O)c1ccc(N2CCC(CCCN(C)C(=O)CCCOc3ccccc3F)CC2)nc1Cl. The predicted molar refractivity (Wildman–Crippen MR) is 140 cm³/mol. The van der Waals surface area contributed by atoms with Gasteiger partial charge in [-0.3, -0.25) is 9.59 Å². The minimum Gasteiger partial charge on any atom is -0.491 e. The van der Waals surface area contributed by atoms with Crippen LogP contribution in [0.1, 0.15) is 48.9 Å². The molecule has 7 nitrogen and oxygen atoms in total. The molecule has 9 heteroatoms. The van der Waals surface area contributed by atoms with E-state index in [-0.39, 0.29) is 28.5 Å². The lowest BCUT2D eigenvalue weighted by Gasteiger charge is -2.33. The number of amides is 2. The van der Waals surface area contributed by atoms with E-state index in [0.717, 1.165) is 51.1 Å². The fourth-order valence-corrected chi connectivity index (χ4v) is 4.58. The smallest absolute Gasteiger partial charge is 0.256 e. The standard InChI is InChI=1S/C27H36ClFN4O3/c1-31(2)27(35)21-12-13-24(30-26(21)28)33-17-14-20(15-18-33)8-6-16-32(3)25(34)11-7-19-36-23-10-5-4-9-22(23)29/h4-5,9-10,12-13,20H,6-8,11,14-19H2,1-3H3. The first-order valence-electron chi connectivity index (χ1n) is 12.5. The van der Waals surface area contributed by atoms with Gasteiger partial charge in [0.1, 0.15) is 11.0 Å². The normalized spacial score (nSPS) is 14.0. The summed E-state index contributed by atoms with van der Waals surface area (Å²) in [6.45, 7) is 2.83. The molecule has 0 bridgehead atoms. The Morgan fingerprint density at radius 3 is 2.50 bits per heavy atom. The summed E-state index contributed by atoms with van der Waals surface area (Å²) in [5, 5.41) is 0.236. The fourth-order valence-electron chi connectivity index (χ4n) is 4.35. The van der Waals surface area contributed by atoms with Gasteiger partial charge in [0.05, 0.1) is 12.2 Å². The van der Waals surface area contributed by atoms with Crippen LogP contribution in [0.2, 0.25) is 5.15 Å². The molecule has 0 atom stereocenters. The van der Waals surface area contributed by atoms with Crippen LogP contribution in [0.5, 0.6) is 5.75 Å². The molecule has 2 amide bonds. The zero-order chi connectivity index (χ0) is 26.1. The Balaban J connectivity index is 1.32. The molecule has 36 heavy (non-hydrogen) atoms. The lowest BCUT2D eigenvalue weighted by molar-refractivity contribution is -0.130. The third-order valence-corrected chi connectivity index (χ3v) is 6.86. The van der Waals surface area contributed by atoms with E-state index >= 15 is 0 Å². The quantitative estimate of drug-likeness (QED) is 0.313. The third kappa shape index (κ3) is 7.82. The summed E-state index contributed by atoms with van der Waals surface area (Å²) in [5.41, 5.74) is 0.414. The second-order valence-electron chi connectivity index (χ2n) is 9.48. The number of benzene rings is 1. The first-order chi connectivity index (χ1) is 17.3. The number of para-hydroxylation sites is 1. The molecule has 3 rings (SSSR count). The lowest BCUT2D eigenvalue weighted by Crippen LogP contribution is -2.35.